The smallest absolute Gasteiger partial charge is 0.0786 e. The lowest BCUT2D eigenvalue weighted by Crippen LogP contribution is -2.26. The van der Waals surface area contributed by atoms with E-state index >= 15 is 0 Å². The Morgan fingerprint density at radius 2 is 1.21 bits per heavy atom. The summed E-state index contributed by atoms with van der Waals surface area (Å²) in [5.74, 6) is 0. The molecule has 0 aliphatic heterocycles. The van der Waals surface area contributed by atoms with Crippen molar-refractivity contribution in [2.75, 3.05) is 0 Å². The Morgan fingerprint density at radius 3 is 2.06 bits per heavy atom. The van der Waals surface area contributed by atoms with Crippen LogP contribution < -0.4 is 0 Å². The molecule has 34 heavy (non-hydrogen) atoms. The largest absolute Gasteiger partial charge is 0.256 e. The molecule has 158 valence electrons. The third-order valence-corrected chi connectivity index (χ3v) is 7.95. The van der Waals surface area contributed by atoms with Crippen molar-refractivity contribution in [1.29, 1.82) is 0 Å². The van der Waals surface area contributed by atoms with Gasteiger partial charge < -0.3 is 0 Å². The van der Waals surface area contributed by atoms with E-state index in [4.69, 9.17) is 4.98 Å². The van der Waals surface area contributed by atoms with Gasteiger partial charge in [-0.15, -0.1) is 0 Å². The second-order valence-electron chi connectivity index (χ2n) is 9.59. The molecule has 0 saturated heterocycles. The molecule has 6 aromatic rings. The van der Waals surface area contributed by atoms with Gasteiger partial charge >= 0.3 is 0 Å². The second-order valence-corrected chi connectivity index (χ2v) is 9.59. The van der Waals surface area contributed by atoms with E-state index in [0.717, 1.165) is 5.52 Å². The number of aromatic nitrogens is 1. The summed E-state index contributed by atoms with van der Waals surface area (Å²) in [4.78, 5) is 4.88. The van der Waals surface area contributed by atoms with E-state index in [1.807, 2.05) is 6.20 Å². The fourth-order valence-electron chi connectivity index (χ4n) is 6.79. The summed E-state index contributed by atoms with van der Waals surface area (Å²) in [5, 5.41) is 3.75. The van der Waals surface area contributed by atoms with Gasteiger partial charge in [-0.3, -0.25) is 4.98 Å². The van der Waals surface area contributed by atoms with Crippen molar-refractivity contribution in [1.82, 2.24) is 4.98 Å². The molecule has 0 saturated carbocycles. The molecule has 1 aromatic heterocycles. The minimum atomic E-state index is -0.338. The number of benzene rings is 5. The third-order valence-electron chi connectivity index (χ3n) is 7.95. The maximum atomic E-state index is 4.88. The van der Waals surface area contributed by atoms with E-state index in [-0.39, 0.29) is 5.41 Å². The highest BCUT2D eigenvalue weighted by atomic mass is 14.7. The van der Waals surface area contributed by atoms with Crippen molar-refractivity contribution in [3.05, 3.63) is 137 Å². The molecule has 1 unspecified atom stereocenters. The van der Waals surface area contributed by atoms with Crippen molar-refractivity contribution in [2.24, 2.45) is 0 Å². The summed E-state index contributed by atoms with van der Waals surface area (Å²) in [6.45, 7) is 2.19. The fourth-order valence-corrected chi connectivity index (χ4v) is 6.79. The second kappa shape index (κ2) is 6.21. The summed E-state index contributed by atoms with van der Waals surface area (Å²) in [5.41, 5.74) is 13.0. The Kier molecular flexibility index (Phi) is 3.33. The van der Waals surface area contributed by atoms with Crippen LogP contribution in [-0.2, 0) is 5.41 Å². The molecule has 2 aliphatic rings. The Morgan fingerprint density at radius 1 is 0.559 bits per heavy atom. The first kappa shape index (κ1) is 18.2. The first-order valence-electron chi connectivity index (χ1n) is 11.9. The van der Waals surface area contributed by atoms with Crippen molar-refractivity contribution >= 4 is 21.7 Å². The van der Waals surface area contributed by atoms with Crippen LogP contribution >= 0.6 is 0 Å². The van der Waals surface area contributed by atoms with E-state index < -0.39 is 0 Å². The number of rotatable bonds is 0. The van der Waals surface area contributed by atoms with Crippen LogP contribution in [0.4, 0.5) is 0 Å². The maximum Gasteiger partial charge on any atom is 0.0786 e. The highest BCUT2D eigenvalue weighted by Crippen LogP contribution is 2.65. The normalized spacial score (nSPS) is 17.1. The van der Waals surface area contributed by atoms with E-state index in [0.29, 0.717) is 0 Å². The van der Waals surface area contributed by atoms with Crippen LogP contribution in [-0.4, -0.2) is 4.98 Å². The average molecular weight is 432 g/mol. The Balaban J connectivity index is 1.71. The topological polar surface area (TPSA) is 12.9 Å². The van der Waals surface area contributed by atoms with Gasteiger partial charge in [-0.2, -0.15) is 0 Å². The van der Waals surface area contributed by atoms with E-state index in [2.05, 4.69) is 110 Å². The highest BCUT2D eigenvalue weighted by Gasteiger charge is 2.52. The molecule has 0 N–H and O–H groups in total. The van der Waals surface area contributed by atoms with Gasteiger partial charge in [0.2, 0.25) is 0 Å². The zero-order valence-corrected chi connectivity index (χ0v) is 18.8. The lowest BCUT2D eigenvalue weighted by atomic mass is 9.69. The maximum absolute atomic E-state index is 4.88. The van der Waals surface area contributed by atoms with Gasteiger partial charge in [0.15, 0.2) is 0 Å². The van der Waals surface area contributed by atoms with Crippen LogP contribution in [0.25, 0.3) is 43.9 Å². The van der Waals surface area contributed by atoms with E-state index in [1.54, 1.807) is 0 Å². The minimum absolute atomic E-state index is 0.338. The summed E-state index contributed by atoms with van der Waals surface area (Å²) in [7, 11) is 0. The van der Waals surface area contributed by atoms with E-state index in [1.165, 1.54) is 66.2 Å². The number of hydrogen-bond donors (Lipinski definition) is 0. The lowest BCUT2D eigenvalue weighted by Gasteiger charge is -2.31. The first-order chi connectivity index (χ1) is 16.8. The lowest BCUT2D eigenvalue weighted by molar-refractivity contribution is 0.801. The van der Waals surface area contributed by atoms with Gasteiger partial charge in [-0.05, 0) is 62.9 Å². The van der Waals surface area contributed by atoms with Gasteiger partial charge in [-0.1, -0.05) is 103 Å². The molecule has 0 bridgehead atoms. The molecule has 8 rings (SSSR count). The number of fused-ring (bicyclic) bond motifs is 15. The Labute approximate surface area is 198 Å². The Bertz CT molecular complexity index is 1830. The molecule has 0 fully saturated rings. The summed E-state index contributed by atoms with van der Waals surface area (Å²) in [6, 6.07) is 38.2. The van der Waals surface area contributed by atoms with Gasteiger partial charge in [0, 0.05) is 17.0 Å². The predicted molar refractivity (Wildman–Crippen MR) is 140 cm³/mol. The molecule has 5 aromatic carbocycles. The SMILES string of the molecule is Cc1ccc2c(c1)-c1ccccc1C21c2ccccc2-c2c1c1ccccc1c1ncccc21. The van der Waals surface area contributed by atoms with Crippen molar-refractivity contribution in [3.63, 3.8) is 0 Å². The number of aryl methyl sites for hydroxylation is 1. The van der Waals surface area contributed by atoms with Crippen molar-refractivity contribution in [2.45, 2.75) is 12.3 Å². The fraction of sp³-hybridized carbons (Fsp3) is 0.0606. The van der Waals surface area contributed by atoms with Gasteiger partial charge in [0.05, 0.1) is 10.9 Å². The average Bonchev–Trinajstić information content (AvgIpc) is 3.36. The van der Waals surface area contributed by atoms with Crippen LogP contribution in [0.3, 0.4) is 0 Å². The van der Waals surface area contributed by atoms with Gasteiger partial charge in [0.25, 0.3) is 0 Å². The summed E-state index contributed by atoms with van der Waals surface area (Å²) >= 11 is 0. The van der Waals surface area contributed by atoms with E-state index in [9.17, 15) is 0 Å². The first-order valence-corrected chi connectivity index (χ1v) is 11.9. The van der Waals surface area contributed by atoms with Gasteiger partial charge in [0.1, 0.15) is 0 Å². The number of nitrogens with zero attached hydrogens (tertiary/aromatic N) is 1. The predicted octanol–water partition coefficient (Wildman–Crippen LogP) is 8.04. The molecule has 1 atom stereocenters. The summed E-state index contributed by atoms with van der Waals surface area (Å²) < 4.78 is 0. The molecular weight excluding hydrogens is 410 g/mol. The Hall–Kier alpha value is -4.23. The van der Waals surface area contributed by atoms with Crippen molar-refractivity contribution in [3.8, 4) is 22.3 Å². The molecule has 1 heteroatoms. The molecule has 1 nitrogen and oxygen atoms in total. The molecule has 0 amide bonds. The zero-order chi connectivity index (χ0) is 22.4. The molecule has 0 radical (unpaired) electrons. The molecule has 1 spiro atoms. The van der Waals surface area contributed by atoms with Crippen LogP contribution in [0.5, 0.6) is 0 Å². The number of pyridine rings is 1. The monoisotopic (exact) mass is 431 g/mol. The van der Waals surface area contributed by atoms with Gasteiger partial charge in [-0.25, -0.2) is 0 Å². The van der Waals surface area contributed by atoms with Crippen LogP contribution in [0.1, 0.15) is 27.8 Å². The highest BCUT2D eigenvalue weighted by molar-refractivity contribution is 6.18. The van der Waals surface area contributed by atoms with Crippen LogP contribution in [0, 0.1) is 6.92 Å². The summed E-state index contributed by atoms with van der Waals surface area (Å²) in [6.07, 6.45) is 1.92. The molecule has 2 aliphatic carbocycles. The third kappa shape index (κ3) is 1.96. The zero-order valence-electron chi connectivity index (χ0n) is 18.8. The standard InChI is InChI=1S/C33H21N/c1-20-16-17-29-26(19-20)21-9-4-6-14-27(21)33(29)28-15-7-5-12-24(28)30-25-13-8-18-34-32(25)23-11-3-2-10-22(23)31(30)33/h2-19H,1H3. The van der Waals surface area contributed by atoms with Crippen LogP contribution in [0.15, 0.2) is 109 Å². The quantitative estimate of drug-likeness (QED) is 0.221. The molecular formula is C33H21N. The number of hydrogen-bond acceptors (Lipinski definition) is 1. The molecule has 1 heterocycles. The van der Waals surface area contributed by atoms with Crippen LogP contribution in [0.2, 0.25) is 0 Å². The van der Waals surface area contributed by atoms with Crippen molar-refractivity contribution < 1.29 is 0 Å². The minimum Gasteiger partial charge on any atom is -0.256 e.